The molecule has 0 atom stereocenters. The zero-order valence-corrected chi connectivity index (χ0v) is 17.2. The molecule has 0 amide bonds. The van der Waals surface area contributed by atoms with Crippen LogP contribution in [-0.4, -0.2) is 25.0 Å². The van der Waals surface area contributed by atoms with Gasteiger partial charge in [0, 0.05) is 0 Å². The molecule has 0 radical (unpaired) electrons. The first-order valence-corrected chi connectivity index (χ1v) is 9.81. The molecule has 1 heterocycles. The van der Waals surface area contributed by atoms with Crippen molar-refractivity contribution in [2.75, 3.05) is 20.1 Å². The summed E-state index contributed by atoms with van der Waals surface area (Å²) in [5.41, 5.74) is 2.64. The Hall–Kier alpha value is -2.12. The van der Waals surface area contributed by atoms with Crippen molar-refractivity contribution in [3.8, 4) is 0 Å². The van der Waals surface area contributed by atoms with Crippen molar-refractivity contribution in [2.24, 2.45) is 0 Å². The first-order chi connectivity index (χ1) is 12.6. The number of hydrogen-bond donors (Lipinski definition) is 0. The summed E-state index contributed by atoms with van der Waals surface area (Å²) < 4.78 is 0. The number of hydrogen-bond acceptors (Lipinski definition) is 1. The summed E-state index contributed by atoms with van der Waals surface area (Å²) in [5, 5.41) is 2.64. The van der Waals surface area contributed by atoms with Crippen molar-refractivity contribution in [2.45, 2.75) is 40.5 Å². The van der Waals surface area contributed by atoms with Crippen LogP contribution in [0.4, 0.5) is 0 Å². The van der Waals surface area contributed by atoms with E-state index in [1.54, 1.807) is 0 Å². The first kappa shape index (κ1) is 21.9. The molecule has 0 saturated carbocycles. The zero-order valence-electron chi connectivity index (χ0n) is 17.2. The van der Waals surface area contributed by atoms with E-state index in [-0.39, 0.29) is 0 Å². The minimum Gasteiger partial charge on any atom is -0.306 e. The van der Waals surface area contributed by atoms with E-state index in [4.69, 9.17) is 0 Å². The number of fused-ring (bicyclic) bond motifs is 1. The summed E-state index contributed by atoms with van der Waals surface area (Å²) in [4.78, 5) is 2.36. The molecule has 1 nitrogen and oxygen atoms in total. The molecule has 1 aliphatic rings. The molecule has 0 aromatic heterocycles. The fourth-order valence-electron chi connectivity index (χ4n) is 2.72. The SMILES string of the molecule is CC.CN1CCCC1.Cc1ccc2ccccc2c1.Cc1ccccc1. The van der Waals surface area contributed by atoms with Crippen LogP contribution in [0, 0.1) is 13.8 Å². The predicted octanol–water partition coefficient (Wildman–Crippen LogP) is 6.88. The summed E-state index contributed by atoms with van der Waals surface area (Å²) in [6.07, 6.45) is 2.83. The smallest absolute Gasteiger partial charge is 0.00213 e. The Kier molecular flexibility index (Phi) is 11.1. The van der Waals surface area contributed by atoms with Gasteiger partial charge in [0.15, 0.2) is 0 Å². The topological polar surface area (TPSA) is 3.24 Å². The summed E-state index contributed by atoms with van der Waals surface area (Å²) in [7, 11) is 2.17. The summed E-state index contributed by atoms with van der Waals surface area (Å²) in [6, 6.07) is 25.2. The Balaban J connectivity index is 0.000000196. The maximum Gasteiger partial charge on any atom is -0.00213 e. The Morgan fingerprint density at radius 2 is 1.15 bits per heavy atom. The van der Waals surface area contributed by atoms with E-state index in [1.165, 1.54) is 47.8 Å². The minimum atomic E-state index is 1.32. The molecule has 1 saturated heterocycles. The summed E-state index contributed by atoms with van der Waals surface area (Å²) in [6.45, 7) is 10.8. The fraction of sp³-hybridized carbons (Fsp3) is 0.360. The fourth-order valence-corrected chi connectivity index (χ4v) is 2.72. The number of likely N-dealkylation sites (tertiary alicyclic amines) is 1. The Bertz CT molecular complexity index is 712. The third kappa shape index (κ3) is 8.82. The quantitative estimate of drug-likeness (QED) is 0.427. The van der Waals surface area contributed by atoms with Crippen LogP contribution in [0.15, 0.2) is 72.8 Å². The average Bonchev–Trinajstić information content (AvgIpc) is 3.16. The van der Waals surface area contributed by atoms with Gasteiger partial charge in [-0.1, -0.05) is 97.8 Å². The lowest BCUT2D eigenvalue weighted by atomic mass is 10.1. The van der Waals surface area contributed by atoms with Crippen molar-refractivity contribution in [3.63, 3.8) is 0 Å². The lowest BCUT2D eigenvalue weighted by molar-refractivity contribution is 0.418. The molecule has 3 aromatic carbocycles. The molecule has 1 heteroatoms. The highest BCUT2D eigenvalue weighted by atomic mass is 15.1. The molecule has 1 fully saturated rings. The molecule has 0 spiro atoms. The van der Waals surface area contributed by atoms with E-state index in [0.717, 1.165) is 0 Å². The maximum atomic E-state index is 2.36. The van der Waals surface area contributed by atoms with Gasteiger partial charge in [-0.25, -0.2) is 0 Å². The van der Waals surface area contributed by atoms with Crippen LogP contribution < -0.4 is 0 Å². The van der Waals surface area contributed by atoms with Crippen LogP contribution in [0.2, 0.25) is 0 Å². The molecule has 4 rings (SSSR count). The molecular weight excluding hydrogens is 314 g/mol. The molecule has 0 aliphatic carbocycles. The van der Waals surface area contributed by atoms with Gasteiger partial charge >= 0.3 is 0 Å². The lowest BCUT2D eigenvalue weighted by Gasteiger charge is -2.01. The van der Waals surface area contributed by atoms with Gasteiger partial charge in [-0.3, -0.25) is 0 Å². The lowest BCUT2D eigenvalue weighted by Crippen LogP contribution is -2.10. The van der Waals surface area contributed by atoms with Crippen LogP contribution in [-0.2, 0) is 0 Å². The summed E-state index contributed by atoms with van der Waals surface area (Å²) >= 11 is 0. The predicted molar refractivity (Wildman–Crippen MR) is 118 cm³/mol. The highest BCUT2D eigenvalue weighted by Crippen LogP contribution is 2.14. The third-order valence-electron chi connectivity index (χ3n) is 4.18. The van der Waals surface area contributed by atoms with Crippen LogP contribution in [0.3, 0.4) is 0 Å². The largest absolute Gasteiger partial charge is 0.306 e. The molecule has 0 bridgehead atoms. The molecule has 26 heavy (non-hydrogen) atoms. The number of benzene rings is 3. The van der Waals surface area contributed by atoms with Gasteiger partial charge in [0.25, 0.3) is 0 Å². The van der Waals surface area contributed by atoms with Crippen molar-refractivity contribution in [1.82, 2.24) is 4.90 Å². The molecular formula is C25H35N. The van der Waals surface area contributed by atoms with Crippen molar-refractivity contribution in [3.05, 3.63) is 83.9 Å². The second-order valence-corrected chi connectivity index (χ2v) is 6.52. The Labute approximate surface area is 160 Å². The average molecular weight is 350 g/mol. The van der Waals surface area contributed by atoms with Gasteiger partial charge in [-0.15, -0.1) is 0 Å². The molecule has 0 unspecified atom stereocenters. The van der Waals surface area contributed by atoms with Crippen molar-refractivity contribution >= 4 is 10.8 Å². The first-order valence-electron chi connectivity index (χ1n) is 9.81. The Morgan fingerprint density at radius 1 is 0.615 bits per heavy atom. The van der Waals surface area contributed by atoms with E-state index >= 15 is 0 Å². The minimum absolute atomic E-state index is 1.32. The third-order valence-corrected chi connectivity index (χ3v) is 4.18. The molecule has 1 aliphatic heterocycles. The Morgan fingerprint density at radius 3 is 1.62 bits per heavy atom. The number of nitrogens with zero attached hydrogens (tertiary/aromatic N) is 1. The van der Waals surface area contributed by atoms with E-state index in [9.17, 15) is 0 Å². The van der Waals surface area contributed by atoms with Crippen LogP contribution >= 0.6 is 0 Å². The second kappa shape index (κ2) is 13.1. The molecule has 0 N–H and O–H groups in total. The summed E-state index contributed by atoms with van der Waals surface area (Å²) in [5.74, 6) is 0. The van der Waals surface area contributed by atoms with Gasteiger partial charge in [0.05, 0.1) is 0 Å². The highest BCUT2D eigenvalue weighted by molar-refractivity contribution is 5.82. The highest BCUT2D eigenvalue weighted by Gasteiger charge is 2.03. The molecule has 140 valence electrons. The van der Waals surface area contributed by atoms with Crippen LogP contribution in [0.5, 0.6) is 0 Å². The second-order valence-electron chi connectivity index (χ2n) is 6.52. The van der Waals surface area contributed by atoms with Gasteiger partial charge < -0.3 is 4.90 Å². The number of rotatable bonds is 0. The zero-order chi connectivity index (χ0) is 19.2. The van der Waals surface area contributed by atoms with Crippen molar-refractivity contribution < 1.29 is 0 Å². The monoisotopic (exact) mass is 349 g/mol. The maximum absolute atomic E-state index is 2.36. The normalized spacial score (nSPS) is 12.8. The van der Waals surface area contributed by atoms with E-state index < -0.39 is 0 Å². The van der Waals surface area contributed by atoms with Gasteiger partial charge in [-0.2, -0.15) is 0 Å². The van der Waals surface area contributed by atoms with Gasteiger partial charge in [-0.05, 0) is 57.6 Å². The van der Waals surface area contributed by atoms with Crippen LogP contribution in [0.25, 0.3) is 10.8 Å². The van der Waals surface area contributed by atoms with E-state index in [2.05, 4.69) is 80.4 Å². The number of aryl methyl sites for hydroxylation is 2. The van der Waals surface area contributed by atoms with Crippen molar-refractivity contribution in [1.29, 1.82) is 0 Å². The standard InChI is InChI=1S/C11H10.C7H8.C5H11N.C2H6/c1-9-6-7-10-4-2-3-5-11(10)8-9;1-7-5-3-2-4-6-7;1-6-4-2-3-5-6;1-2/h2-8H,1H3;2-6H,1H3;2-5H2,1H3;1-2H3. The molecule has 3 aromatic rings. The van der Waals surface area contributed by atoms with Crippen LogP contribution in [0.1, 0.15) is 37.8 Å². The van der Waals surface area contributed by atoms with E-state index in [0.29, 0.717) is 0 Å². The van der Waals surface area contributed by atoms with Gasteiger partial charge in [0.1, 0.15) is 0 Å². The van der Waals surface area contributed by atoms with Gasteiger partial charge in [0.2, 0.25) is 0 Å². The van der Waals surface area contributed by atoms with E-state index in [1.807, 2.05) is 32.0 Å².